The quantitative estimate of drug-likeness (QED) is 0.409. The van der Waals surface area contributed by atoms with Gasteiger partial charge in [-0.15, -0.1) is 0 Å². The van der Waals surface area contributed by atoms with Crippen molar-refractivity contribution in [1.29, 1.82) is 0 Å². The molecule has 0 aliphatic heterocycles. The maximum absolute atomic E-state index is 12.6. The molecule has 0 aromatic rings. The Morgan fingerprint density at radius 2 is 1.67 bits per heavy atom. The van der Waals surface area contributed by atoms with E-state index in [4.69, 9.17) is 9.47 Å². The summed E-state index contributed by atoms with van der Waals surface area (Å²) in [6.45, 7) is 16.6. The number of ether oxygens (including phenoxy) is 2. The first-order valence-electron chi connectivity index (χ1n) is 9.57. The topological polar surface area (TPSA) is 93.1 Å². The van der Waals surface area contributed by atoms with Crippen LogP contribution in [0.5, 0.6) is 0 Å². The highest BCUT2D eigenvalue weighted by molar-refractivity contribution is 5.80. The minimum atomic E-state index is -1.17. The van der Waals surface area contributed by atoms with Gasteiger partial charge >= 0.3 is 11.9 Å². The zero-order valence-electron chi connectivity index (χ0n) is 18.1. The molecule has 0 aromatic carbocycles. The molecule has 2 unspecified atom stereocenters. The van der Waals surface area contributed by atoms with Crippen LogP contribution in [0.2, 0.25) is 0 Å². The van der Waals surface area contributed by atoms with E-state index in [0.29, 0.717) is 12.8 Å². The van der Waals surface area contributed by atoms with Gasteiger partial charge in [0.25, 0.3) is 0 Å². The molecule has 0 amide bonds. The van der Waals surface area contributed by atoms with Crippen molar-refractivity contribution in [2.75, 3.05) is 13.2 Å². The second-order valence-corrected chi connectivity index (χ2v) is 9.18. The SMILES string of the molecule is C=C(O)CC(O)(CC)CCOC(=O)COC(=O)C(C)(CC(C)(C)C)C(C)C. The average molecular weight is 387 g/mol. The van der Waals surface area contributed by atoms with Crippen LogP contribution in [0, 0.1) is 16.7 Å². The molecule has 2 N–H and O–H groups in total. The Morgan fingerprint density at radius 1 is 1.11 bits per heavy atom. The highest BCUT2D eigenvalue weighted by Gasteiger charge is 2.41. The van der Waals surface area contributed by atoms with Crippen LogP contribution in [0.1, 0.15) is 74.1 Å². The summed E-state index contributed by atoms with van der Waals surface area (Å²) in [6, 6.07) is 0. The number of rotatable bonds is 11. The standard InChI is InChI=1S/C21H38O6/c1-9-21(25,12-16(4)22)10-11-26-17(23)13-27-18(24)20(8,15(2)3)14-19(5,6)7/h15,22,25H,4,9-14H2,1-3,5-8H3. The van der Waals surface area contributed by atoms with Crippen molar-refractivity contribution in [3.8, 4) is 0 Å². The fourth-order valence-corrected chi connectivity index (χ4v) is 3.07. The van der Waals surface area contributed by atoms with Crippen LogP contribution in [-0.2, 0) is 19.1 Å². The summed E-state index contributed by atoms with van der Waals surface area (Å²) in [5.74, 6) is -1.13. The van der Waals surface area contributed by atoms with Gasteiger partial charge in [-0.1, -0.05) is 48.1 Å². The van der Waals surface area contributed by atoms with E-state index in [1.807, 2.05) is 20.8 Å². The Bertz CT molecular complexity index is 519. The van der Waals surface area contributed by atoms with E-state index in [1.165, 1.54) is 0 Å². The predicted octanol–water partition coefficient (Wildman–Crippen LogP) is 4.16. The highest BCUT2D eigenvalue weighted by Crippen LogP contribution is 2.40. The molecule has 0 saturated heterocycles. The molecule has 2 atom stereocenters. The Balaban J connectivity index is 4.59. The minimum Gasteiger partial charge on any atom is -0.513 e. The van der Waals surface area contributed by atoms with Gasteiger partial charge in [0, 0.05) is 12.8 Å². The summed E-state index contributed by atoms with van der Waals surface area (Å²) in [5.41, 5.74) is -1.92. The maximum Gasteiger partial charge on any atom is 0.344 e. The summed E-state index contributed by atoms with van der Waals surface area (Å²) in [4.78, 5) is 24.5. The Kier molecular flexibility index (Phi) is 9.53. The number of aliphatic hydroxyl groups is 2. The van der Waals surface area contributed by atoms with Gasteiger partial charge in [-0.3, -0.25) is 4.79 Å². The number of aliphatic hydroxyl groups excluding tert-OH is 1. The van der Waals surface area contributed by atoms with E-state index in [0.717, 1.165) is 0 Å². The number of carbonyl (C=O) groups excluding carboxylic acids is 2. The number of carbonyl (C=O) groups is 2. The van der Waals surface area contributed by atoms with E-state index < -0.39 is 29.6 Å². The molecule has 0 fully saturated rings. The highest BCUT2D eigenvalue weighted by atomic mass is 16.6. The molecule has 6 nitrogen and oxygen atoms in total. The monoisotopic (exact) mass is 386 g/mol. The summed E-state index contributed by atoms with van der Waals surface area (Å²) in [7, 11) is 0. The van der Waals surface area contributed by atoms with Gasteiger partial charge in [0.15, 0.2) is 6.61 Å². The fraction of sp³-hybridized carbons (Fsp3) is 0.810. The molecule has 27 heavy (non-hydrogen) atoms. The zero-order chi connectivity index (χ0) is 21.5. The van der Waals surface area contributed by atoms with Gasteiger partial charge in [-0.05, 0) is 31.1 Å². The Hall–Kier alpha value is -1.56. The first-order valence-corrected chi connectivity index (χ1v) is 9.57. The van der Waals surface area contributed by atoms with Crippen LogP contribution >= 0.6 is 0 Å². The van der Waals surface area contributed by atoms with Gasteiger partial charge in [-0.2, -0.15) is 0 Å². The van der Waals surface area contributed by atoms with Gasteiger partial charge in [0.2, 0.25) is 0 Å². The van der Waals surface area contributed by atoms with Crippen LogP contribution in [0.15, 0.2) is 12.3 Å². The van der Waals surface area contributed by atoms with Crippen molar-refractivity contribution < 1.29 is 29.3 Å². The molecular formula is C21H38O6. The van der Waals surface area contributed by atoms with E-state index in [1.54, 1.807) is 6.92 Å². The van der Waals surface area contributed by atoms with Crippen LogP contribution in [0.4, 0.5) is 0 Å². The lowest BCUT2D eigenvalue weighted by Crippen LogP contribution is -2.39. The van der Waals surface area contributed by atoms with Crippen molar-refractivity contribution in [2.45, 2.75) is 79.8 Å². The van der Waals surface area contributed by atoms with Crippen molar-refractivity contribution in [1.82, 2.24) is 0 Å². The normalized spacial score (nSPS) is 16.3. The fourth-order valence-electron chi connectivity index (χ4n) is 3.07. The summed E-state index contributed by atoms with van der Waals surface area (Å²) < 4.78 is 10.3. The molecule has 0 aliphatic rings. The lowest BCUT2D eigenvalue weighted by molar-refractivity contribution is -0.169. The van der Waals surface area contributed by atoms with Crippen molar-refractivity contribution in [2.24, 2.45) is 16.7 Å². The maximum atomic E-state index is 12.6. The van der Waals surface area contributed by atoms with E-state index in [9.17, 15) is 19.8 Å². The molecule has 0 spiro atoms. The Morgan fingerprint density at radius 3 is 2.07 bits per heavy atom. The third-order valence-corrected chi connectivity index (χ3v) is 4.98. The molecule has 0 aliphatic carbocycles. The molecule has 0 bridgehead atoms. The molecule has 0 rings (SSSR count). The number of esters is 2. The minimum absolute atomic E-state index is 0.0234. The largest absolute Gasteiger partial charge is 0.513 e. The van der Waals surface area contributed by atoms with Crippen LogP contribution in [0.25, 0.3) is 0 Å². The number of hydrogen-bond acceptors (Lipinski definition) is 6. The van der Waals surface area contributed by atoms with Crippen molar-refractivity contribution >= 4 is 11.9 Å². The van der Waals surface area contributed by atoms with E-state index in [2.05, 4.69) is 27.4 Å². The second-order valence-electron chi connectivity index (χ2n) is 9.18. The second kappa shape index (κ2) is 10.1. The van der Waals surface area contributed by atoms with Gasteiger partial charge in [-0.25, -0.2) is 4.79 Å². The van der Waals surface area contributed by atoms with E-state index >= 15 is 0 Å². The third-order valence-electron chi connectivity index (χ3n) is 4.98. The summed E-state index contributed by atoms with van der Waals surface area (Å²) in [5, 5.41) is 19.6. The summed E-state index contributed by atoms with van der Waals surface area (Å²) in [6.07, 6.45) is 1.21. The molecule has 0 radical (unpaired) electrons. The smallest absolute Gasteiger partial charge is 0.344 e. The molecule has 158 valence electrons. The third kappa shape index (κ3) is 9.27. The lowest BCUT2D eigenvalue weighted by Gasteiger charge is -2.36. The van der Waals surface area contributed by atoms with Gasteiger partial charge < -0.3 is 19.7 Å². The van der Waals surface area contributed by atoms with Crippen LogP contribution in [-0.4, -0.2) is 41.0 Å². The van der Waals surface area contributed by atoms with Crippen LogP contribution in [0.3, 0.4) is 0 Å². The van der Waals surface area contributed by atoms with Gasteiger partial charge in [0.1, 0.15) is 0 Å². The van der Waals surface area contributed by atoms with E-state index in [-0.39, 0.29) is 36.5 Å². The Labute approximate surface area is 163 Å². The first kappa shape index (κ1) is 25.4. The number of hydrogen-bond donors (Lipinski definition) is 2. The first-order chi connectivity index (χ1) is 12.1. The molecule has 6 heteroatoms. The van der Waals surface area contributed by atoms with Gasteiger partial charge in [0.05, 0.1) is 23.4 Å². The molecular weight excluding hydrogens is 348 g/mol. The average Bonchev–Trinajstić information content (AvgIpc) is 2.49. The van der Waals surface area contributed by atoms with Crippen LogP contribution < -0.4 is 0 Å². The predicted molar refractivity (Wildman–Crippen MR) is 105 cm³/mol. The van der Waals surface area contributed by atoms with Crippen molar-refractivity contribution in [3.63, 3.8) is 0 Å². The van der Waals surface area contributed by atoms with Crippen molar-refractivity contribution in [3.05, 3.63) is 12.3 Å². The molecule has 0 heterocycles. The lowest BCUT2D eigenvalue weighted by atomic mass is 9.69. The summed E-state index contributed by atoms with van der Waals surface area (Å²) >= 11 is 0. The molecule has 0 aromatic heterocycles. The molecule has 0 saturated carbocycles. The zero-order valence-corrected chi connectivity index (χ0v) is 18.1.